The second-order valence-corrected chi connectivity index (χ2v) is 8.28. The van der Waals surface area contributed by atoms with Crippen LogP contribution in [0.4, 0.5) is 0 Å². The van der Waals surface area contributed by atoms with Crippen LogP contribution in [0.3, 0.4) is 0 Å². The first-order valence-corrected chi connectivity index (χ1v) is 9.32. The molecule has 0 spiro atoms. The van der Waals surface area contributed by atoms with Crippen molar-refractivity contribution in [2.24, 2.45) is 5.92 Å². The standard InChI is InChI=1S/C20H24ClNO4/c1-20(2,3)26-19(24)12-4-7-15(8-5-12)22-18(23)17-11-13-10-14(21)6-9-16(13)25-17/h6,9-12,15H,4-5,7-8H2,1-3H3,(H,22,23). The van der Waals surface area contributed by atoms with Gasteiger partial charge in [0.25, 0.3) is 5.91 Å². The topological polar surface area (TPSA) is 68.5 Å². The molecule has 0 aliphatic heterocycles. The number of amides is 1. The van der Waals surface area contributed by atoms with E-state index in [9.17, 15) is 9.59 Å². The molecule has 1 aromatic heterocycles. The molecule has 0 saturated heterocycles. The molecular formula is C20H24ClNO4. The number of carbonyl (C=O) groups is 2. The lowest BCUT2D eigenvalue weighted by atomic mass is 9.86. The molecule has 26 heavy (non-hydrogen) atoms. The van der Waals surface area contributed by atoms with E-state index in [0.717, 1.165) is 31.1 Å². The summed E-state index contributed by atoms with van der Waals surface area (Å²) in [7, 11) is 0. The van der Waals surface area contributed by atoms with Gasteiger partial charge in [-0.1, -0.05) is 11.6 Å². The Bertz CT molecular complexity index is 813. The highest BCUT2D eigenvalue weighted by atomic mass is 35.5. The van der Waals surface area contributed by atoms with Gasteiger partial charge in [0, 0.05) is 16.5 Å². The Kier molecular flexibility index (Phi) is 5.28. The van der Waals surface area contributed by atoms with Crippen molar-refractivity contribution in [3.05, 3.63) is 35.0 Å². The molecule has 6 heteroatoms. The summed E-state index contributed by atoms with van der Waals surface area (Å²) in [5.41, 5.74) is 0.167. The highest BCUT2D eigenvalue weighted by Gasteiger charge is 2.30. The second-order valence-electron chi connectivity index (χ2n) is 7.85. The predicted molar refractivity (Wildman–Crippen MR) is 100 cm³/mol. The van der Waals surface area contributed by atoms with Crippen LogP contribution < -0.4 is 5.32 Å². The lowest BCUT2D eigenvalue weighted by Gasteiger charge is -2.30. The number of carbonyl (C=O) groups excluding carboxylic acids is 2. The summed E-state index contributed by atoms with van der Waals surface area (Å²) in [6.07, 6.45) is 2.94. The average molecular weight is 378 g/mol. The number of benzene rings is 1. The number of furan rings is 1. The molecule has 1 aromatic carbocycles. The van der Waals surface area contributed by atoms with Crippen molar-refractivity contribution in [1.29, 1.82) is 0 Å². The van der Waals surface area contributed by atoms with E-state index >= 15 is 0 Å². The molecular weight excluding hydrogens is 354 g/mol. The van der Waals surface area contributed by atoms with Gasteiger partial charge in [0.05, 0.1) is 5.92 Å². The predicted octanol–water partition coefficient (Wildman–Crippen LogP) is 4.72. The minimum absolute atomic E-state index is 0.0398. The van der Waals surface area contributed by atoms with E-state index < -0.39 is 5.60 Å². The van der Waals surface area contributed by atoms with Crippen molar-refractivity contribution in [3.8, 4) is 0 Å². The largest absolute Gasteiger partial charge is 0.460 e. The summed E-state index contributed by atoms with van der Waals surface area (Å²) in [6, 6.07) is 6.98. The number of fused-ring (bicyclic) bond motifs is 1. The molecule has 1 amide bonds. The van der Waals surface area contributed by atoms with Crippen LogP contribution >= 0.6 is 11.6 Å². The fourth-order valence-electron chi connectivity index (χ4n) is 3.24. The van der Waals surface area contributed by atoms with Crippen LogP contribution in [-0.2, 0) is 9.53 Å². The van der Waals surface area contributed by atoms with E-state index in [4.69, 9.17) is 20.8 Å². The van der Waals surface area contributed by atoms with Gasteiger partial charge in [0.1, 0.15) is 11.2 Å². The van der Waals surface area contributed by atoms with E-state index in [-0.39, 0.29) is 29.6 Å². The lowest BCUT2D eigenvalue weighted by Crippen LogP contribution is -2.39. The second kappa shape index (κ2) is 7.31. The van der Waals surface area contributed by atoms with Crippen molar-refractivity contribution in [1.82, 2.24) is 5.32 Å². The molecule has 0 atom stereocenters. The maximum absolute atomic E-state index is 12.4. The van der Waals surface area contributed by atoms with Crippen molar-refractivity contribution in [2.45, 2.75) is 58.1 Å². The SMILES string of the molecule is CC(C)(C)OC(=O)C1CCC(NC(=O)c2cc3cc(Cl)ccc3o2)CC1. The minimum atomic E-state index is -0.466. The average Bonchev–Trinajstić information content (AvgIpc) is 2.97. The minimum Gasteiger partial charge on any atom is -0.460 e. The molecule has 1 aliphatic rings. The molecule has 1 heterocycles. The fourth-order valence-corrected chi connectivity index (χ4v) is 3.42. The van der Waals surface area contributed by atoms with Crippen LogP contribution in [0.2, 0.25) is 5.02 Å². The van der Waals surface area contributed by atoms with E-state index in [0.29, 0.717) is 10.6 Å². The van der Waals surface area contributed by atoms with Crippen molar-refractivity contribution < 1.29 is 18.7 Å². The Hall–Kier alpha value is -2.01. The summed E-state index contributed by atoms with van der Waals surface area (Å²) in [6.45, 7) is 5.62. The highest BCUT2D eigenvalue weighted by molar-refractivity contribution is 6.31. The van der Waals surface area contributed by atoms with Crippen LogP contribution in [0.5, 0.6) is 0 Å². The first-order chi connectivity index (χ1) is 12.2. The van der Waals surface area contributed by atoms with E-state index in [1.165, 1.54) is 0 Å². The number of hydrogen-bond donors (Lipinski definition) is 1. The Morgan fingerprint density at radius 1 is 1.15 bits per heavy atom. The van der Waals surface area contributed by atoms with E-state index in [1.54, 1.807) is 24.3 Å². The summed E-state index contributed by atoms with van der Waals surface area (Å²) in [4.78, 5) is 24.6. The Morgan fingerprint density at radius 2 is 1.85 bits per heavy atom. The molecule has 3 rings (SSSR count). The third-order valence-electron chi connectivity index (χ3n) is 4.50. The van der Waals surface area contributed by atoms with Gasteiger partial charge < -0.3 is 14.5 Å². The van der Waals surface area contributed by atoms with Gasteiger partial charge in [-0.05, 0) is 70.7 Å². The number of hydrogen-bond acceptors (Lipinski definition) is 4. The lowest BCUT2D eigenvalue weighted by molar-refractivity contribution is -0.161. The smallest absolute Gasteiger partial charge is 0.309 e. The number of rotatable bonds is 3. The molecule has 1 aliphatic carbocycles. The van der Waals surface area contributed by atoms with Gasteiger partial charge in [-0.2, -0.15) is 0 Å². The quantitative estimate of drug-likeness (QED) is 0.786. The summed E-state index contributed by atoms with van der Waals surface area (Å²) in [5, 5.41) is 4.41. The van der Waals surface area contributed by atoms with E-state index in [1.807, 2.05) is 20.8 Å². The Balaban J connectivity index is 1.55. The molecule has 0 radical (unpaired) electrons. The monoisotopic (exact) mass is 377 g/mol. The maximum atomic E-state index is 12.4. The van der Waals surface area contributed by atoms with Crippen LogP contribution in [0.25, 0.3) is 11.0 Å². The fraction of sp³-hybridized carbons (Fsp3) is 0.500. The van der Waals surface area contributed by atoms with Crippen molar-refractivity contribution in [3.63, 3.8) is 0 Å². The first kappa shape index (κ1) is 18.8. The third kappa shape index (κ3) is 4.58. The molecule has 0 unspecified atom stereocenters. The zero-order chi connectivity index (χ0) is 18.9. The normalized spacial score (nSPS) is 20.8. The van der Waals surface area contributed by atoms with Gasteiger partial charge in [-0.25, -0.2) is 0 Å². The molecule has 0 bridgehead atoms. The number of nitrogens with one attached hydrogen (secondary N) is 1. The van der Waals surface area contributed by atoms with Crippen LogP contribution in [0.1, 0.15) is 57.0 Å². The number of halogens is 1. The maximum Gasteiger partial charge on any atom is 0.309 e. The van der Waals surface area contributed by atoms with Crippen LogP contribution in [0.15, 0.2) is 28.7 Å². The van der Waals surface area contributed by atoms with Gasteiger partial charge in [0.15, 0.2) is 5.76 Å². The van der Waals surface area contributed by atoms with Crippen LogP contribution in [0, 0.1) is 5.92 Å². The van der Waals surface area contributed by atoms with Crippen LogP contribution in [-0.4, -0.2) is 23.5 Å². The summed E-state index contributed by atoms with van der Waals surface area (Å²) >= 11 is 5.96. The third-order valence-corrected chi connectivity index (χ3v) is 4.74. The Labute approximate surface area is 158 Å². The van der Waals surface area contributed by atoms with Gasteiger partial charge in [0.2, 0.25) is 0 Å². The zero-order valence-electron chi connectivity index (χ0n) is 15.3. The molecule has 140 valence electrons. The molecule has 1 saturated carbocycles. The summed E-state index contributed by atoms with van der Waals surface area (Å²) in [5.74, 6) is -0.193. The number of ether oxygens (including phenoxy) is 1. The molecule has 5 nitrogen and oxygen atoms in total. The molecule has 1 fully saturated rings. The first-order valence-electron chi connectivity index (χ1n) is 8.94. The summed E-state index contributed by atoms with van der Waals surface area (Å²) < 4.78 is 11.0. The number of esters is 1. The molecule has 2 aromatic rings. The Morgan fingerprint density at radius 3 is 2.50 bits per heavy atom. The van der Waals surface area contributed by atoms with Crippen molar-refractivity contribution >= 4 is 34.4 Å². The van der Waals surface area contributed by atoms with Gasteiger partial charge >= 0.3 is 5.97 Å². The van der Waals surface area contributed by atoms with Crippen molar-refractivity contribution in [2.75, 3.05) is 0 Å². The van der Waals surface area contributed by atoms with Gasteiger partial charge in [-0.15, -0.1) is 0 Å². The highest BCUT2D eigenvalue weighted by Crippen LogP contribution is 2.28. The van der Waals surface area contributed by atoms with E-state index in [2.05, 4.69) is 5.32 Å². The molecule has 1 N–H and O–H groups in total. The zero-order valence-corrected chi connectivity index (χ0v) is 16.1. The van der Waals surface area contributed by atoms with Gasteiger partial charge in [-0.3, -0.25) is 9.59 Å².